The average Bonchev–Trinajstić information content (AvgIpc) is 2.95. The minimum absolute atomic E-state index is 0. The molecule has 2 rings (SSSR count). The number of likely N-dealkylation sites (N-methyl/N-ethyl adjacent to an activating group) is 1. The minimum Gasteiger partial charge on any atom is -0.361 e. The average molecular weight is 485 g/mol. The summed E-state index contributed by atoms with van der Waals surface area (Å²) < 4.78 is 5.19. The van der Waals surface area contributed by atoms with Gasteiger partial charge in [-0.2, -0.15) is 0 Å². The number of hydrogen-bond acceptors (Lipinski definition) is 4. The van der Waals surface area contributed by atoms with Crippen LogP contribution in [-0.2, 0) is 11.3 Å². The fourth-order valence-corrected chi connectivity index (χ4v) is 2.39. The first-order chi connectivity index (χ1) is 12.4. The van der Waals surface area contributed by atoms with E-state index in [4.69, 9.17) is 4.52 Å². The first-order valence-electron chi connectivity index (χ1n) is 8.60. The van der Waals surface area contributed by atoms with Gasteiger partial charge < -0.3 is 20.1 Å². The third kappa shape index (κ3) is 6.85. The molecule has 0 fully saturated rings. The van der Waals surface area contributed by atoms with Crippen LogP contribution in [0.1, 0.15) is 35.5 Å². The van der Waals surface area contributed by atoms with Crippen molar-refractivity contribution in [1.82, 2.24) is 20.7 Å². The summed E-state index contributed by atoms with van der Waals surface area (Å²) >= 11 is 0. The van der Waals surface area contributed by atoms with E-state index in [0.717, 1.165) is 22.6 Å². The van der Waals surface area contributed by atoms with E-state index in [0.29, 0.717) is 12.5 Å². The van der Waals surface area contributed by atoms with Crippen LogP contribution in [0.3, 0.4) is 0 Å². The second-order valence-corrected chi connectivity index (χ2v) is 6.39. The number of hydrogen-bond donors (Lipinski definition) is 2. The molecule has 1 heterocycles. The number of carbonyl (C=O) groups is 1. The standard InChI is InChI=1S/C19H27N5O2.HI/c1-13(16-9-7-6-8-10-16)22-19(21-12-18(25)24(4)5)20-11-17-14(2)23-26-15(17)3;/h6-10,13H,11-12H2,1-5H3,(H2,20,21,22);1H. The van der Waals surface area contributed by atoms with Crippen LogP contribution in [-0.4, -0.2) is 42.6 Å². The van der Waals surface area contributed by atoms with Crippen molar-refractivity contribution in [2.45, 2.75) is 33.4 Å². The molecule has 1 unspecified atom stereocenters. The molecule has 0 aliphatic heterocycles. The maximum Gasteiger partial charge on any atom is 0.241 e. The number of carbonyl (C=O) groups excluding carboxylic acids is 1. The van der Waals surface area contributed by atoms with E-state index < -0.39 is 0 Å². The van der Waals surface area contributed by atoms with Crippen LogP contribution in [0.5, 0.6) is 0 Å². The van der Waals surface area contributed by atoms with Crippen molar-refractivity contribution in [3.8, 4) is 0 Å². The number of aryl methyl sites for hydroxylation is 2. The lowest BCUT2D eigenvalue weighted by molar-refractivity contribution is -0.127. The predicted molar refractivity (Wildman–Crippen MR) is 117 cm³/mol. The lowest BCUT2D eigenvalue weighted by Crippen LogP contribution is -2.43. The molecule has 2 N–H and O–H groups in total. The first kappa shape index (κ1) is 22.9. The summed E-state index contributed by atoms with van der Waals surface area (Å²) in [6, 6.07) is 10.1. The lowest BCUT2D eigenvalue weighted by atomic mass is 10.1. The van der Waals surface area contributed by atoms with Gasteiger partial charge in [0.25, 0.3) is 0 Å². The van der Waals surface area contributed by atoms with Gasteiger partial charge in [-0.05, 0) is 26.3 Å². The Bertz CT molecular complexity index is 739. The maximum atomic E-state index is 11.9. The van der Waals surface area contributed by atoms with Crippen LogP contribution in [0.25, 0.3) is 0 Å². The fraction of sp³-hybridized carbons (Fsp3) is 0.421. The molecule has 0 radical (unpaired) electrons. The largest absolute Gasteiger partial charge is 0.361 e. The molecule has 1 amide bonds. The Balaban J connectivity index is 0.00000364. The van der Waals surface area contributed by atoms with Crippen molar-refractivity contribution in [2.24, 2.45) is 4.99 Å². The molecule has 0 bridgehead atoms. The number of rotatable bonds is 6. The van der Waals surface area contributed by atoms with Gasteiger partial charge in [0.05, 0.1) is 24.8 Å². The fourth-order valence-electron chi connectivity index (χ4n) is 2.39. The molecule has 2 aromatic rings. The van der Waals surface area contributed by atoms with Gasteiger partial charge in [-0.3, -0.25) is 4.79 Å². The lowest BCUT2D eigenvalue weighted by Gasteiger charge is -2.19. The van der Waals surface area contributed by atoms with Crippen LogP contribution >= 0.6 is 24.0 Å². The van der Waals surface area contributed by atoms with E-state index in [9.17, 15) is 4.79 Å². The second kappa shape index (κ2) is 10.9. The molecule has 0 saturated carbocycles. The number of benzene rings is 1. The molecule has 27 heavy (non-hydrogen) atoms. The molecule has 1 aromatic carbocycles. The summed E-state index contributed by atoms with van der Waals surface area (Å²) in [7, 11) is 3.45. The topological polar surface area (TPSA) is 82.8 Å². The van der Waals surface area contributed by atoms with Gasteiger partial charge >= 0.3 is 0 Å². The van der Waals surface area contributed by atoms with Crippen LogP contribution in [0, 0.1) is 13.8 Å². The molecular formula is C19H28IN5O2. The summed E-state index contributed by atoms with van der Waals surface area (Å²) in [6.07, 6.45) is 0. The Kier molecular flexibility index (Phi) is 9.27. The van der Waals surface area contributed by atoms with E-state index in [-0.39, 0.29) is 42.5 Å². The van der Waals surface area contributed by atoms with Gasteiger partial charge in [0.2, 0.25) is 5.91 Å². The zero-order chi connectivity index (χ0) is 19.1. The van der Waals surface area contributed by atoms with E-state index in [1.165, 1.54) is 0 Å². The first-order valence-corrected chi connectivity index (χ1v) is 8.60. The second-order valence-electron chi connectivity index (χ2n) is 6.39. The molecule has 0 saturated heterocycles. The van der Waals surface area contributed by atoms with Gasteiger partial charge in [0, 0.05) is 19.7 Å². The number of guanidine groups is 1. The zero-order valence-electron chi connectivity index (χ0n) is 16.4. The van der Waals surface area contributed by atoms with Crippen molar-refractivity contribution in [1.29, 1.82) is 0 Å². The summed E-state index contributed by atoms with van der Waals surface area (Å²) in [5, 5.41) is 10.4. The van der Waals surface area contributed by atoms with E-state index >= 15 is 0 Å². The summed E-state index contributed by atoms with van der Waals surface area (Å²) in [5.74, 6) is 1.30. The minimum atomic E-state index is -0.0239. The molecular weight excluding hydrogens is 457 g/mol. The van der Waals surface area contributed by atoms with Crippen molar-refractivity contribution in [3.05, 3.63) is 52.9 Å². The summed E-state index contributed by atoms with van der Waals surface area (Å²) in [4.78, 5) is 18.0. The van der Waals surface area contributed by atoms with E-state index in [2.05, 4.69) is 39.8 Å². The highest BCUT2D eigenvalue weighted by Gasteiger charge is 2.12. The number of amides is 1. The Labute approximate surface area is 177 Å². The number of nitrogens with one attached hydrogen (secondary N) is 2. The van der Waals surface area contributed by atoms with Gasteiger partial charge in [-0.15, -0.1) is 24.0 Å². The monoisotopic (exact) mass is 485 g/mol. The highest BCUT2D eigenvalue weighted by molar-refractivity contribution is 14.0. The smallest absolute Gasteiger partial charge is 0.241 e. The molecule has 1 atom stereocenters. The predicted octanol–water partition coefficient (Wildman–Crippen LogP) is 2.79. The Morgan fingerprint density at radius 3 is 2.48 bits per heavy atom. The summed E-state index contributed by atoms with van der Waals surface area (Å²) in [6.45, 7) is 6.41. The normalized spacial score (nSPS) is 12.1. The molecule has 0 spiro atoms. The van der Waals surface area contributed by atoms with E-state index in [1.807, 2.05) is 32.0 Å². The quantitative estimate of drug-likeness (QED) is 0.374. The Morgan fingerprint density at radius 2 is 1.93 bits per heavy atom. The molecule has 8 heteroatoms. The molecule has 148 valence electrons. The zero-order valence-corrected chi connectivity index (χ0v) is 18.8. The number of aromatic nitrogens is 1. The van der Waals surface area contributed by atoms with Crippen LogP contribution < -0.4 is 10.6 Å². The van der Waals surface area contributed by atoms with Crippen LogP contribution in [0.15, 0.2) is 39.8 Å². The van der Waals surface area contributed by atoms with Crippen molar-refractivity contribution >= 4 is 35.8 Å². The highest BCUT2D eigenvalue weighted by atomic mass is 127. The Hall–Kier alpha value is -2.10. The van der Waals surface area contributed by atoms with Crippen LogP contribution in [0.2, 0.25) is 0 Å². The van der Waals surface area contributed by atoms with Crippen LogP contribution in [0.4, 0.5) is 0 Å². The number of nitrogens with zero attached hydrogens (tertiary/aromatic N) is 3. The number of halogens is 1. The summed E-state index contributed by atoms with van der Waals surface area (Å²) in [5.41, 5.74) is 2.92. The number of aliphatic imine (C=N–C) groups is 1. The molecule has 7 nitrogen and oxygen atoms in total. The Morgan fingerprint density at radius 1 is 1.26 bits per heavy atom. The molecule has 0 aliphatic carbocycles. The van der Waals surface area contributed by atoms with Gasteiger partial charge in [0.15, 0.2) is 5.96 Å². The van der Waals surface area contributed by atoms with Gasteiger partial charge in [-0.1, -0.05) is 35.5 Å². The third-order valence-electron chi connectivity index (χ3n) is 4.14. The van der Waals surface area contributed by atoms with Gasteiger partial charge in [0.1, 0.15) is 5.76 Å². The SMILES string of the molecule is Cc1noc(C)c1CN=C(NCC(=O)N(C)C)NC(C)c1ccccc1.I. The highest BCUT2D eigenvalue weighted by Crippen LogP contribution is 2.14. The van der Waals surface area contributed by atoms with E-state index in [1.54, 1.807) is 19.0 Å². The maximum absolute atomic E-state index is 11.9. The van der Waals surface area contributed by atoms with Crippen molar-refractivity contribution in [2.75, 3.05) is 20.6 Å². The third-order valence-corrected chi connectivity index (χ3v) is 4.14. The van der Waals surface area contributed by atoms with Gasteiger partial charge in [-0.25, -0.2) is 4.99 Å². The van der Waals surface area contributed by atoms with Crippen molar-refractivity contribution in [3.63, 3.8) is 0 Å². The molecule has 1 aromatic heterocycles. The molecule has 0 aliphatic rings. The van der Waals surface area contributed by atoms with Crippen molar-refractivity contribution < 1.29 is 9.32 Å².